The third kappa shape index (κ3) is 16.2. The van der Waals surface area contributed by atoms with Gasteiger partial charge in [-0.2, -0.15) is 0 Å². The van der Waals surface area contributed by atoms with E-state index in [1.165, 1.54) is 236 Å². The Morgan fingerprint density at radius 2 is 0.370 bits per heavy atom. The molecule has 702 valence electrons. The second kappa shape index (κ2) is 36.3. The average molecular weight is 1870 g/mol. The van der Waals surface area contributed by atoms with Crippen LogP contribution >= 0.6 is 0 Å². The van der Waals surface area contributed by atoms with Crippen molar-refractivity contribution in [2.24, 2.45) is 9.98 Å². The normalized spacial score (nSPS) is 13.3. The van der Waals surface area contributed by atoms with E-state index >= 15 is 0 Å². The summed E-state index contributed by atoms with van der Waals surface area (Å²) in [5.41, 5.74) is 35.0. The lowest BCUT2D eigenvalue weighted by Gasteiger charge is -2.28. The van der Waals surface area contributed by atoms with Crippen LogP contribution in [-0.2, 0) is 27.1 Å². The lowest BCUT2D eigenvalue weighted by atomic mass is 9.75. The molecule has 0 atom stereocenters. The Balaban J connectivity index is 0.000000129. The zero-order chi connectivity index (χ0) is 99.7. The summed E-state index contributed by atoms with van der Waals surface area (Å²) in [5, 5.41) is 25.4. The number of nitrogens with zero attached hydrogens (tertiary/aromatic N) is 2. The van der Waals surface area contributed by atoms with Gasteiger partial charge in [-0.3, -0.25) is 9.98 Å². The molecule has 0 aliphatic carbocycles. The number of hydrogen-bond acceptors (Lipinski definition) is 2. The predicted molar refractivity (Wildman–Crippen MR) is 631 cm³/mol. The third-order valence-electron chi connectivity index (χ3n) is 31.1. The monoisotopic (exact) mass is 1870 g/mol. The number of hydrogen-bond donors (Lipinski definition) is 0. The van der Waals surface area contributed by atoms with Gasteiger partial charge in [0.2, 0.25) is 0 Å². The first-order chi connectivity index (χ1) is 70.8. The number of rotatable bonds is 11. The molecular formula is C144H116N2. The van der Waals surface area contributed by atoms with Gasteiger partial charge in [-0.15, -0.1) is 0 Å². The maximum absolute atomic E-state index is 5.28. The molecule has 2 heterocycles. The molecule has 26 rings (SSSR count). The van der Waals surface area contributed by atoms with Crippen molar-refractivity contribution in [1.29, 1.82) is 0 Å². The first kappa shape index (κ1) is 91.7. The van der Waals surface area contributed by atoms with Crippen LogP contribution in [0.2, 0.25) is 0 Å². The summed E-state index contributed by atoms with van der Waals surface area (Å²) in [7, 11) is 0. The number of para-hydroxylation sites is 2. The zero-order valence-electron chi connectivity index (χ0n) is 85.4. The van der Waals surface area contributed by atoms with Crippen LogP contribution in [-0.4, -0.2) is 11.4 Å². The molecule has 0 aromatic heterocycles. The van der Waals surface area contributed by atoms with Crippen molar-refractivity contribution in [2.45, 2.75) is 117 Å². The van der Waals surface area contributed by atoms with E-state index in [1.54, 1.807) is 0 Å². The minimum atomic E-state index is -0.226. The van der Waals surface area contributed by atoms with E-state index in [1.807, 2.05) is 0 Å². The maximum Gasteiger partial charge on any atom is 0.0675 e. The third-order valence-corrected chi connectivity index (χ3v) is 31.1. The van der Waals surface area contributed by atoms with Crippen molar-refractivity contribution in [2.75, 3.05) is 0 Å². The second-order valence-corrected chi connectivity index (χ2v) is 44.1. The fraction of sp³-hybridized carbons (Fsp3) is 0.125. The van der Waals surface area contributed by atoms with Crippen molar-refractivity contribution in [1.82, 2.24) is 0 Å². The fourth-order valence-corrected chi connectivity index (χ4v) is 23.5. The van der Waals surface area contributed by atoms with Crippen LogP contribution in [0, 0.1) is 0 Å². The van der Waals surface area contributed by atoms with Crippen molar-refractivity contribution in [3.63, 3.8) is 0 Å². The van der Waals surface area contributed by atoms with Crippen LogP contribution in [0.1, 0.15) is 129 Å². The Labute approximate surface area is 857 Å². The quantitative estimate of drug-likeness (QED) is 0.115. The van der Waals surface area contributed by atoms with E-state index < -0.39 is 0 Å². The highest BCUT2D eigenvalue weighted by Gasteiger charge is 2.39. The van der Waals surface area contributed by atoms with Crippen LogP contribution in [0.5, 0.6) is 0 Å². The summed E-state index contributed by atoms with van der Waals surface area (Å²) in [6.45, 7) is 30.1. The van der Waals surface area contributed by atoms with Crippen molar-refractivity contribution < 1.29 is 0 Å². The summed E-state index contributed by atoms with van der Waals surface area (Å²) in [6.07, 6.45) is 0. The first-order valence-electron chi connectivity index (χ1n) is 51.6. The van der Waals surface area contributed by atoms with Crippen LogP contribution in [0.15, 0.2) is 477 Å². The van der Waals surface area contributed by atoms with Gasteiger partial charge in [0, 0.05) is 10.8 Å². The largest absolute Gasteiger partial charge is 0.252 e. The van der Waals surface area contributed by atoms with E-state index in [0.29, 0.717) is 0 Å². The summed E-state index contributed by atoms with van der Waals surface area (Å²) in [4.78, 5) is 10.6. The Morgan fingerprint density at radius 1 is 0.158 bits per heavy atom. The zero-order valence-corrected chi connectivity index (χ0v) is 85.4. The fourth-order valence-electron chi connectivity index (χ4n) is 23.5. The molecule has 0 saturated carbocycles. The molecular weight excluding hydrogens is 1760 g/mol. The lowest BCUT2D eigenvalue weighted by Crippen LogP contribution is -2.26. The standard InChI is InChI=1S/C70H62N2.C38H30.C36H24/c1-67(2,3)49-37-39-51-53(41-49)61(44-23-15-12-16-24-44)64-60(45-29-33-47(34-30-45)65-69(7,8)55-25-17-19-27-57(55)71-65)52-40-38-50(68(4,5)6)42-54(52)62(63(64)59(51)43-21-13-11-14-22-43)46-31-35-48(36-32-46)66-70(9,10)56-26-18-20-28-58(56)72-66;1-38(2,3)31-20-21-34-35(24-31)37(30-19-17-26-11-5-7-13-28(26)23-30)33-15-9-8-14-32(33)36(34)29-18-16-25-10-4-6-12-27(25)22-29;1-2-10-25(11-3-1)27-18-21-28(22-19-27)35-31-14-6-8-16-33(31)36(34-17-9-7-15-32(34)35)30-23-20-26-12-4-5-13-29(26)24-30/h11-42H,1-10H3;4-24H,1-3H3;1-24H. The van der Waals surface area contributed by atoms with Gasteiger partial charge in [0.05, 0.1) is 22.8 Å². The van der Waals surface area contributed by atoms with E-state index in [2.05, 4.69) is 557 Å². The van der Waals surface area contributed by atoms with Crippen molar-refractivity contribution in [3.8, 4) is 100 Å². The molecule has 2 aliphatic rings. The molecule has 0 fully saturated rings. The summed E-state index contributed by atoms with van der Waals surface area (Å²) in [6, 6.07) is 173. The van der Waals surface area contributed by atoms with Gasteiger partial charge in [0.15, 0.2) is 0 Å². The number of fused-ring (bicyclic) bond motifs is 12. The molecule has 146 heavy (non-hydrogen) atoms. The van der Waals surface area contributed by atoms with E-state index in [-0.39, 0.29) is 27.1 Å². The highest BCUT2D eigenvalue weighted by atomic mass is 14.8. The highest BCUT2D eigenvalue weighted by molar-refractivity contribution is 6.35. The molecule has 0 bridgehead atoms. The highest BCUT2D eigenvalue weighted by Crippen LogP contribution is 2.57. The molecule has 0 spiro atoms. The molecule has 2 aliphatic heterocycles. The maximum atomic E-state index is 5.28. The molecule has 0 N–H and O–H groups in total. The van der Waals surface area contributed by atoms with Gasteiger partial charge in [-0.05, 0) is 312 Å². The van der Waals surface area contributed by atoms with Crippen LogP contribution in [0.4, 0.5) is 11.4 Å². The molecule has 0 radical (unpaired) electrons. The van der Waals surface area contributed by atoms with E-state index in [0.717, 1.165) is 33.9 Å². The number of aliphatic imine (C=N–C) groups is 2. The summed E-state index contributed by atoms with van der Waals surface area (Å²) >= 11 is 0. The van der Waals surface area contributed by atoms with Gasteiger partial charge in [-0.1, -0.05) is 509 Å². The minimum Gasteiger partial charge on any atom is -0.252 e. The lowest BCUT2D eigenvalue weighted by molar-refractivity contribution is 0.591. The Bertz CT molecular complexity index is 9340. The Kier molecular flexibility index (Phi) is 22.8. The Hall–Kier alpha value is -16.8. The van der Waals surface area contributed by atoms with Crippen LogP contribution in [0.25, 0.3) is 208 Å². The summed E-state index contributed by atoms with van der Waals surface area (Å²) < 4.78 is 0. The smallest absolute Gasteiger partial charge is 0.0675 e. The van der Waals surface area contributed by atoms with Gasteiger partial charge in [0.25, 0.3) is 0 Å². The molecule has 0 amide bonds. The van der Waals surface area contributed by atoms with Gasteiger partial charge in [-0.25, -0.2) is 0 Å². The minimum absolute atomic E-state index is 0.0591. The molecule has 0 unspecified atom stereocenters. The van der Waals surface area contributed by atoms with Crippen LogP contribution < -0.4 is 0 Å². The Morgan fingerprint density at radius 3 is 0.692 bits per heavy atom. The molecule has 0 saturated heterocycles. The molecule has 2 nitrogen and oxygen atoms in total. The molecule has 24 aromatic carbocycles. The predicted octanol–water partition coefficient (Wildman–Crippen LogP) is 40.3. The summed E-state index contributed by atoms with van der Waals surface area (Å²) in [5.74, 6) is 0. The average Bonchev–Trinajstić information content (AvgIpc) is 1.03. The van der Waals surface area contributed by atoms with E-state index in [9.17, 15) is 0 Å². The van der Waals surface area contributed by atoms with Gasteiger partial charge >= 0.3 is 0 Å². The van der Waals surface area contributed by atoms with Crippen molar-refractivity contribution in [3.05, 3.63) is 506 Å². The first-order valence-corrected chi connectivity index (χ1v) is 51.6. The van der Waals surface area contributed by atoms with E-state index in [4.69, 9.17) is 9.98 Å². The van der Waals surface area contributed by atoms with Crippen molar-refractivity contribution >= 4 is 131 Å². The second-order valence-electron chi connectivity index (χ2n) is 44.1. The molecule has 2 heteroatoms. The van der Waals surface area contributed by atoms with Gasteiger partial charge < -0.3 is 0 Å². The SMILES string of the molecule is CC(C)(C)c1ccc2c(-c3ccc(C4=Nc5ccccc5C4(C)C)cc3)c3c(-c4ccccc4)c4cc(C(C)(C)C)ccc4c(-c4ccccc4)c3c(-c3ccc(C4=Nc5ccccc5C4(C)C)cc3)c2c1.CC(C)(C)c1ccc2c(-c3ccc4ccccc4c3)c3ccccc3c(-c3ccc4ccccc4c3)c2c1.c1ccc(-c2ccc(-c3c4ccccc4c(-c4ccc5ccccc5c4)c4ccccc34)cc2)cc1. The molecule has 24 aromatic rings. The van der Waals surface area contributed by atoms with Crippen LogP contribution in [0.3, 0.4) is 0 Å². The van der Waals surface area contributed by atoms with Gasteiger partial charge in [0.1, 0.15) is 0 Å². The topological polar surface area (TPSA) is 24.7 Å². The number of benzene rings is 24.